The molecule has 2 aromatic carbocycles. The molecule has 0 saturated carbocycles. The number of aryl methyl sites for hydroxylation is 1. The monoisotopic (exact) mass is 380 g/mol. The van der Waals surface area contributed by atoms with Crippen LogP contribution in [0.5, 0.6) is 0 Å². The molecule has 138 valence electrons. The molecule has 3 rings (SSSR count). The Morgan fingerprint density at radius 1 is 1.11 bits per heavy atom. The van der Waals surface area contributed by atoms with Crippen LogP contribution in [0.3, 0.4) is 0 Å². The highest BCUT2D eigenvalue weighted by Gasteiger charge is 2.14. The van der Waals surface area contributed by atoms with E-state index in [9.17, 15) is 9.59 Å². The molecule has 0 unspecified atom stereocenters. The van der Waals surface area contributed by atoms with Gasteiger partial charge in [-0.1, -0.05) is 42.0 Å². The van der Waals surface area contributed by atoms with Crippen LogP contribution < -0.4 is 15.7 Å². The van der Waals surface area contributed by atoms with Crippen molar-refractivity contribution in [3.05, 3.63) is 93.9 Å². The molecule has 0 spiro atoms. The normalized spacial score (nSPS) is 10.4. The molecule has 1 N–H and O–H groups in total. The number of carbonyl (C=O) groups is 1. The molecule has 1 amide bonds. The third kappa shape index (κ3) is 4.60. The van der Waals surface area contributed by atoms with Crippen molar-refractivity contribution >= 4 is 23.4 Å². The van der Waals surface area contributed by atoms with E-state index in [0.29, 0.717) is 5.69 Å². The van der Waals surface area contributed by atoms with Gasteiger partial charge in [0.2, 0.25) is 0 Å². The Hall–Kier alpha value is -2.99. The van der Waals surface area contributed by atoms with Gasteiger partial charge in [0, 0.05) is 11.1 Å². The van der Waals surface area contributed by atoms with Gasteiger partial charge in [0.1, 0.15) is 12.2 Å². The number of hydrogen-bond acceptors (Lipinski definition) is 4. The number of thioether (sulfide) groups is 1. The zero-order valence-corrected chi connectivity index (χ0v) is 16.0. The van der Waals surface area contributed by atoms with Crippen molar-refractivity contribution in [2.45, 2.75) is 18.4 Å². The summed E-state index contributed by atoms with van der Waals surface area (Å²) in [6.45, 7) is 2.23. The lowest BCUT2D eigenvalue weighted by atomic mass is 10.1. The second-order valence-corrected chi connectivity index (χ2v) is 6.82. The Balaban J connectivity index is 1.78. The van der Waals surface area contributed by atoms with Gasteiger partial charge < -0.3 is 10.2 Å². The minimum absolute atomic E-state index is 0.0256. The van der Waals surface area contributed by atoms with Crippen molar-refractivity contribution in [1.82, 2.24) is 4.73 Å². The van der Waals surface area contributed by atoms with E-state index in [1.807, 2.05) is 55.6 Å². The highest BCUT2D eigenvalue weighted by atomic mass is 32.2. The Morgan fingerprint density at radius 2 is 1.93 bits per heavy atom. The molecular weight excluding hydrogens is 360 g/mol. The molecule has 0 bridgehead atoms. The Kier molecular flexibility index (Phi) is 5.98. The number of aromatic nitrogens is 1. The number of nitrogens with one attached hydrogen (secondary N) is 1. The Bertz CT molecular complexity index is 1010. The Labute approximate surface area is 161 Å². The smallest absolute Gasteiger partial charge is 0.295 e. The standard InChI is InChI=1S/C21H20N2O3S/c1-15-7-5-8-16(13-15)14-26-23-12-6-9-17(21(23)25)20(24)22-18-10-3-4-11-19(18)27-2/h3-13H,14H2,1-2H3,(H,22,24). The van der Waals surface area contributed by atoms with Crippen LogP contribution >= 0.6 is 11.8 Å². The predicted octanol–water partition coefficient (Wildman–Crippen LogP) is 3.76. The van der Waals surface area contributed by atoms with Gasteiger partial charge >= 0.3 is 0 Å². The number of anilines is 1. The third-order valence-electron chi connectivity index (χ3n) is 3.97. The molecule has 1 aromatic heterocycles. The van der Waals surface area contributed by atoms with Crippen molar-refractivity contribution in [3.63, 3.8) is 0 Å². The number of nitrogens with zero attached hydrogens (tertiary/aromatic N) is 1. The van der Waals surface area contributed by atoms with E-state index in [4.69, 9.17) is 4.84 Å². The lowest BCUT2D eigenvalue weighted by Gasteiger charge is -2.11. The summed E-state index contributed by atoms with van der Waals surface area (Å²) in [5, 5.41) is 2.80. The fraction of sp³-hybridized carbons (Fsp3) is 0.143. The molecule has 0 aliphatic heterocycles. The van der Waals surface area contributed by atoms with Crippen molar-refractivity contribution in [1.29, 1.82) is 0 Å². The van der Waals surface area contributed by atoms with Gasteiger partial charge in [-0.25, -0.2) is 0 Å². The average molecular weight is 380 g/mol. The van der Waals surface area contributed by atoms with Crippen LogP contribution in [-0.4, -0.2) is 16.9 Å². The molecule has 27 heavy (non-hydrogen) atoms. The minimum Gasteiger partial charge on any atom is -0.406 e. The van der Waals surface area contributed by atoms with E-state index in [-0.39, 0.29) is 12.2 Å². The van der Waals surface area contributed by atoms with Crippen molar-refractivity contribution in [2.24, 2.45) is 0 Å². The maximum absolute atomic E-state index is 12.6. The molecule has 0 fully saturated rings. The number of amides is 1. The summed E-state index contributed by atoms with van der Waals surface area (Å²) in [6, 6.07) is 18.4. The van der Waals surface area contributed by atoms with Crippen LogP contribution in [0.4, 0.5) is 5.69 Å². The van der Waals surface area contributed by atoms with E-state index in [1.54, 1.807) is 12.1 Å². The van der Waals surface area contributed by atoms with Crippen LogP contribution in [0.15, 0.2) is 76.6 Å². The van der Waals surface area contributed by atoms with Crippen LogP contribution in [0.2, 0.25) is 0 Å². The number of carbonyl (C=O) groups excluding carboxylic acids is 1. The van der Waals surface area contributed by atoms with Crippen molar-refractivity contribution in [2.75, 3.05) is 11.6 Å². The molecule has 0 radical (unpaired) electrons. The SMILES string of the molecule is CSc1ccccc1NC(=O)c1cccn(OCc2cccc(C)c2)c1=O. The van der Waals surface area contributed by atoms with Crippen LogP contribution in [0.25, 0.3) is 0 Å². The molecule has 5 nitrogen and oxygen atoms in total. The summed E-state index contributed by atoms with van der Waals surface area (Å²) < 4.78 is 1.09. The predicted molar refractivity (Wildman–Crippen MR) is 108 cm³/mol. The molecule has 0 saturated heterocycles. The lowest BCUT2D eigenvalue weighted by Crippen LogP contribution is -2.32. The quantitative estimate of drug-likeness (QED) is 0.662. The number of pyridine rings is 1. The highest BCUT2D eigenvalue weighted by molar-refractivity contribution is 7.98. The van der Waals surface area contributed by atoms with Crippen molar-refractivity contribution < 1.29 is 9.63 Å². The molecule has 6 heteroatoms. The van der Waals surface area contributed by atoms with Gasteiger partial charge in [0.15, 0.2) is 0 Å². The molecule has 0 aliphatic rings. The second-order valence-electron chi connectivity index (χ2n) is 5.97. The van der Waals surface area contributed by atoms with E-state index in [0.717, 1.165) is 20.8 Å². The second kappa shape index (κ2) is 8.60. The fourth-order valence-corrected chi connectivity index (χ4v) is 3.19. The van der Waals surface area contributed by atoms with Gasteiger partial charge in [-0.15, -0.1) is 11.8 Å². The molecule has 1 heterocycles. The van der Waals surface area contributed by atoms with Crippen molar-refractivity contribution in [3.8, 4) is 0 Å². The first-order chi connectivity index (χ1) is 13.1. The number of benzene rings is 2. The molecule has 0 atom stereocenters. The molecule has 3 aromatic rings. The minimum atomic E-state index is -0.496. The zero-order chi connectivity index (χ0) is 19.2. The first-order valence-corrected chi connectivity index (χ1v) is 9.66. The Morgan fingerprint density at radius 3 is 2.70 bits per heavy atom. The summed E-state index contributed by atoms with van der Waals surface area (Å²) in [7, 11) is 0. The summed E-state index contributed by atoms with van der Waals surface area (Å²) >= 11 is 1.52. The number of rotatable bonds is 6. The zero-order valence-electron chi connectivity index (χ0n) is 15.1. The van der Waals surface area contributed by atoms with Crippen LogP contribution in [-0.2, 0) is 6.61 Å². The fourth-order valence-electron chi connectivity index (χ4n) is 2.63. The van der Waals surface area contributed by atoms with Gasteiger partial charge in [0.05, 0.1) is 5.69 Å². The van der Waals surface area contributed by atoms with Crippen LogP contribution in [0.1, 0.15) is 21.5 Å². The van der Waals surface area contributed by atoms with Crippen LogP contribution in [0, 0.1) is 6.92 Å². The first kappa shape index (κ1) is 18.8. The van der Waals surface area contributed by atoms with E-state index in [2.05, 4.69) is 5.32 Å². The highest BCUT2D eigenvalue weighted by Crippen LogP contribution is 2.24. The maximum Gasteiger partial charge on any atom is 0.295 e. The first-order valence-electron chi connectivity index (χ1n) is 8.43. The van der Waals surface area contributed by atoms with Gasteiger partial charge in [-0.2, -0.15) is 4.73 Å². The van der Waals surface area contributed by atoms with E-state index < -0.39 is 11.5 Å². The third-order valence-corrected chi connectivity index (χ3v) is 4.76. The van der Waals surface area contributed by atoms with E-state index >= 15 is 0 Å². The largest absolute Gasteiger partial charge is 0.406 e. The summed E-state index contributed by atoms with van der Waals surface area (Å²) in [5.41, 5.74) is 2.27. The van der Waals surface area contributed by atoms with E-state index in [1.165, 1.54) is 24.0 Å². The molecule has 0 aliphatic carbocycles. The average Bonchev–Trinajstić information content (AvgIpc) is 2.67. The molecular formula is C21H20N2O3S. The lowest BCUT2D eigenvalue weighted by molar-refractivity contribution is 0.0863. The summed E-state index contributed by atoms with van der Waals surface area (Å²) in [5.74, 6) is -0.463. The number of para-hydroxylation sites is 1. The summed E-state index contributed by atoms with van der Waals surface area (Å²) in [4.78, 5) is 31.7. The van der Waals surface area contributed by atoms with Gasteiger partial charge in [0.25, 0.3) is 11.5 Å². The van der Waals surface area contributed by atoms with Gasteiger partial charge in [-0.3, -0.25) is 9.59 Å². The maximum atomic E-state index is 12.6. The topological polar surface area (TPSA) is 60.3 Å². The van der Waals surface area contributed by atoms with Gasteiger partial charge in [-0.05, 0) is 43.0 Å². The summed E-state index contributed by atoms with van der Waals surface area (Å²) in [6.07, 6.45) is 3.43. The number of hydrogen-bond donors (Lipinski definition) is 1.